The Bertz CT molecular complexity index is 2030. The molecule has 3 aromatic carbocycles. The first-order chi connectivity index (χ1) is 26.2. The highest BCUT2D eigenvalue weighted by molar-refractivity contribution is 6.35. The fourth-order valence-electron chi connectivity index (χ4n) is 5.74. The summed E-state index contributed by atoms with van der Waals surface area (Å²) in [6.45, 7) is -2.05. The number of aromatic nitrogens is 3. The van der Waals surface area contributed by atoms with Crippen molar-refractivity contribution >= 4 is 52.9 Å². The third-order valence-electron chi connectivity index (χ3n) is 8.96. The molecule has 0 bridgehead atoms. The van der Waals surface area contributed by atoms with E-state index in [-0.39, 0.29) is 17.5 Å². The summed E-state index contributed by atoms with van der Waals surface area (Å²) in [5.74, 6) is -3.57. The van der Waals surface area contributed by atoms with Crippen LogP contribution >= 0.6 is 11.6 Å². The Morgan fingerprint density at radius 1 is 0.855 bits per heavy atom. The lowest BCUT2D eigenvalue weighted by atomic mass is 10.0. The van der Waals surface area contributed by atoms with Crippen molar-refractivity contribution in [3.63, 3.8) is 0 Å². The van der Waals surface area contributed by atoms with Crippen LogP contribution in [0.3, 0.4) is 0 Å². The second-order valence-electron chi connectivity index (χ2n) is 13.2. The van der Waals surface area contributed by atoms with E-state index >= 15 is 0 Å². The average molecular weight is 781 g/mol. The number of ether oxygens (including phenoxy) is 2. The summed E-state index contributed by atoms with van der Waals surface area (Å²) >= 11 is 6.03. The van der Waals surface area contributed by atoms with Gasteiger partial charge in [-0.25, -0.2) is 4.79 Å². The molecule has 288 valence electrons. The summed E-state index contributed by atoms with van der Waals surface area (Å²) in [6, 6.07) is 20.5. The molecular weight excluding hydrogens is 745 g/mol. The number of benzene rings is 3. The van der Waals surface area contributed by atoms with E-state index in [0.29, 0.717) is 42.8 Å². The number of hydrogen-bond acceptors (Lipinski definition) is 11. The first-order valence-corrected chi connectivity index (χ1v) is 17.5. The zero-order valence-electron chi connectivity index (χ0n) is 29.3. The first kappa shape index (κ1) is 38.7. The minimum Gasteiger partial charge on any atom is -0.467 e. The molecule has 4 aromatic rings. The lowest BCUT2D eigenvalue weighted by Crippen LogP contribution is -2.52. The Kier molecular flexibility index (Phi) is 11.4. The van der Waals surface area contributed by atoms with Crippen LogP contribution in [0.2, 0.25) is 5.02 Å². The quantitative estimate of drug-likeness (QED) is 0.0840. The molecule has 0 spiro atoms. The summed E-state index contributed by atoms with van der Waals surface area (Å²) in [5, 5.41) is 14.3. The molecule has 55 heavy (non-hydrogen) atoms. The number of amides is 3. The molecule has 6 rings (SSSR count). The highest BCUT2D eigenvalue weighted by atomic mass is 35.5. The van der Waals surface area contributed by atoms with E-state index in [1.54, 1.807) is 12.1 Å². The number of carbonyl (C=O) groups excluding carboxylic acids is 4. The van der Waals surface area contributed by atoms with Crippen LogP contribution in [0, 0.1) is 0 Å². The predicted molar refractivity (Wildman–Crippen MR) is 194 cm³/mol. The van der Waals surface area contributed by atoms with Crippen molar-refractivity contribution in [1.82, 2.24) is 30.9 Å². The third kappa shape index (κ3) is 10.6. The minimum absolute atomic E-state index is 0.0317. The molecule has 2 saturated carbocycles. The molecule has 0 saturated heterocycles. The summed E-state index contributed by atoms with van der Waals surface area (Å²) in [6.07, 6.45) is -1.22. The number of anilines is 3. The van der Waals surface area contributed by atoms with Crippen LogP contribution in [0.4, 0.5) is 30.8 Å². The van der Waals surface area contributed by atoms with Crippen molar-refractivity contribution in [2.75, 3.05) is 30.9 Å². The Morgan fingerprint density at radius 2 is 1.53 bits per heavy atom. The zero-order valence-corrected chi connectivity index (χ0v) is 30.1. The Balaban J connectivity index is 1.07. The monoisotopic (exact) mass is 780 g/mol. The van der Waals surface area contributed by atoms with Crippen molar-refractivity contribution in [1.29, 1.82) is 0 Å². The van der Waals surface area contributed by atoms with Gasteiger partial charge in [-0.1, -0.05) is 54.1 Å². The SMILES string of the molecule is COC(=O)[C@H](CNC(=O)C(=O)NC1(Cc2ccccc2)CC1)NC(=O)c1ccc(Nc2nc(NC3(c4ccc(Cl)cc4)CC3)nc(OCC(F)(F)F)n2)cc1. The number of rotatable bonds is 15. The number of halogens is 4. The first-order valence-electron chi connectivity index (χ1n) is 17.1. The lowest BCUT2D eigenvalue weighted by molar-refractivity contribution is -0.154. The van der Waals surface area contributed by atoms with Crippen LogP contribution in [0.5, 0.6) is 6.01 Å². The molecule has 1 aromatic heterocycles. The Morgan fingerprint density at radius 3 is 2.15 bits per heavy atom. The van der Waals surface area contributed by atoms with E-state index in [1.165, 1.54) is 24.3 Å². The molecule has 0 radical (unpaired) electrons. The molecule has 1 atom stereocenters. The summed E-state index contributed by atoms with van der Waals surface area (Å²) in [4.78, 5) is 63.3. The largest absolute Gasteiger partial charge is 0.467 e. The topological polar surface area (TPSA) is 186 Å². The van der Waals surface area contributed by atoms with Gasteiger partial charge in [-0.05, 0) is 79.6 Å². The van der Waals surface area contributed by atoms with E-state index in [2.05, 4.69) is 41.5 Å². The molecule has 2 aliphatic carbocycles. The fourth-order valence-corrected chi connectivity index (χ4v) is 5.87. The van der Waals surface area contributed by atoms with E-state index in [1.807, 2.05) is 42.5 Å². The Hall–Kier alpha value is -5.97. The van der Waals surface area contributed by atoms with Crippen molar-refractivity contribution < 1.29 is 41.8 Å². The van der Waals surface area contributed by atoms with Crippen LogP contribution < -0.4 is 31.3 Å². The van der Waals surface area contributed by atoms with Crippen LogP contribution in [-0.2, 0) is 31.1 Å². The molecule has 3 amide bonds. The molecular formula is C37H36ClF3N8O6. The van der Waals surface area contributed by atoms with Gasteiger partial charge in [-0.15, -0.1) is 0 Å². The van der Waals surface area contributed by atoms with Gasteiger partial charge in [0.15, 0.2) is 6.61 Å². The third-order valence-corrected chi connectivity index (χ3v) is 9.21. The lowest BCUT2D eigenvalue weighted by Gasteiger charge is -2.19. The van der Waals surface area contributed by atoms with Crippen molar-refractivity contribution in [3.05, 3.63) is 101 Å². The zero-order chi connectivity index (χ0) is 39.2. The van der Waals surface area contributed by atoms with Gasteiger partial charge in [-0.3, -0.25) is 14.4 Å². The summed E-state index contributed by atoms with van der Waals surface area (Å²) in [7, 11) is 1.11. The van der Waals surface area contributed by atoms with Gasteiger partial charge in [0.2, 0.25) is 11.9 Å². The number of methoxy groups -OCH3 is 1. The number of alkyl halides is 3. The van der Waals surface area contributed by atoms with Gasteiger partial charge >= 0.3 is 30.0 Å². The molecule has 0 unspecified atom stereocenters. The maximum atomic E-state index is 13.1. The van der Waals surface area contributed by atoms with E-state index < -0.39 is 66.1 Å². The molecule has 5 N–H and O–H groups in total. The average Bonchev–Trinajstić information content (AvgIpc) is 4.10. The predicted octanol–water partition coefficient (Wildman–Crippen LogP) is 4.59. The van der Waals surface area contributed by atoms with Gasteiger partial charge in [0.1, 0.15) is 6.04 Å². The van der Waals surface area contributed by atoms with Gasteiger partial charge in [0.25, 0.3) is 5.91 Å². The maximum Gasteiger partial charge on any atom is 0.422 e. The number of hydrogen-bond donors (Lipinski definition) is 5. The highest BCUT2D eigenvalue weighted by Crippen LogP contribution is 2.48. The smallest absolute Gasteiger partial charge is 0.422 e. The normalized spacial score (nSPS) is 15.4. The van der Waals surface area contributed by atoms with Crippen LogP contribution in [0.25, 0.3) is 0 Å². The van der Waals surface area contributed by atoms with E-state index in [4.69, 9.17) is 21.1 Å². The van der Waals surface area contributed by atoms with Crippen LogP contribution in [0.15, 0.2) is 78.9 Å². The molecule has 2 aliphatic rings. The molecule has 2 fully saturated rings. The van der Waals surface area contributed by atoms with Gasteiger partial charge in [0.05, 0.1) is 12.6 Å². The molecule has 1 heterocycles. The minimum atomic E-state index is -4.64. The van der Waals surface area contributed by atoms with Crippen LogP contribution in [-0.4, -0.2) is 76.7 Å². The number of nitrogens with one attached hydrogen (secondary N) is 5. The van der Waals surface area contributed by atoms with Crippen LogP contribution in [0.1, 0.15) is 47.2 Å². The van der Waals surface area contributed by atoms with Crippen molar-refractivity contribution in [2.45, 2.75) is 55.4 Å². The maximum absolute atomic E-state index is 13.1. The molecule has 14 nitrogen and oxygen atoms in total. The standard InChI is InChI=1S/C37H36ClF3N8O6/c1-54-31(53)27(20-42-29(51)30(52)48-35(15-16-35)19-22-5-3-2-4-6-22)44-28(50)23-7-13-26(14-8-23)43-32-45-33(47-34(46-32)55-21-37(39,40)41)49-36(17-18-36)24-9-11-25(38)12-10-24/h2-14,27H,15-21H2,1H3,(H,42,51)(H,44,50)(H,48,52)(H2,43,45,46,47,49)/t27-/m0/s1. The van der Waals surface area contributed by atoms with Gasteiger partial charge in [-0.2, -0.15) is 28.1 Å². The highest BCUT2D eigenvalue weighted by Gasteiger charge is 2.46. The molecule has 18 heteroatoms. The number of esters is 1. The number of carbonyl (C=O) groups is 4. The second kappa shape index (κ2) is 16.2. The summed E-state index contributed by atoms with van der Waals surface area (Å²) in [5.41, 5.74) is 1.28. The van der Waals surface area contributed by atoms with Crippen molar-refractivity contribution in [3.8, 4) is 6.01 Å². The molecule has 0 aliphatic heterocycles. The fraction of sp³-hybridized carbons (Fsp3) is 0.324. The van der Waals surface area contributed by atoms with Gasteiger partial charge in [0, 0.05) is 28.4 Å². The second-order valence-corrected chi connectivity index (χ2v) is 13.7. The van der Waals surface area contributed by atoms with Gasteiger partial charge < -0.3 is 36.1 Å². The summed E-state index contributed by atoms with van der Waals surface area (Å²) < 4.78 is 48.5. The van der Waals surface area contributed by atoms with E-state index in [9.17, 15) is 32.3 Å². The Labute approximate surface area is 318 Å². The number of nitrogens with zero attached hydrogens (tertiary/aromatic N) is 3. The van der Waals surface area contributed by atoms with E-state index in [0.717, 1.165) is 18.2 Å². The van der Waals surface area contributed by atoms with Crippen molar-refractivity contribution in [2.24, 2.45) is 0 Å².